The fourth-order valence-electron chi connectivity index (χ4n) is 4.06. The molecule has 0 amide bonds. The lowest BCUT2D eigenvalue weighted by Gasteiger charge is -2.30. The fraction of sp³-hybridized carbons (Fsp3) is 1.00. The molecule has 1 saturated carbocycles. The van der Waals surface area contributed by atoms with Crippen LogP contribution in [0.3, 0.4) is 0 Å². The van der Waals surface area contributed by atoms with E-state index in [9.17, 15) is 9.46 Å². The number of unbranched alkanes of at least 4 members (excludes halogenated alkanes) is 10. The van der Waals surface area contributed by atoms with E-state index < -0.39 is 7.82 Å². The summed E-state index contributed by atoms with van der Waals surface area (Å²) in [6.07, 6.45) is 17.0. The monoisotopic (exact) mass is 463 g/mol. The average Bonchev–Trinajstić information content (AvgIpc) is 3.10. The summed E-state index contributed by atoms with van der Waals surface area (Å²) in [6, 6.07) is 0. The van der Waals surface area contributed by atoms with E-state index in [4.69, 9.17) is 13.8 Å². The van der Waals surface area contributed by atoms with E-state index in [1.54, 1.807) is 0 Å². The van der Waals surface area contributed by atoms with Crippen molar-refractivity contribution in [1.82, 2.24) is 0 Å². The van der Waals surface area contributed by atoms with Crippen molar-refractivity contribution in [3.63, 3.8) is 0 Å². The Morgan fingerprint density at radius 3 is 2.03 bits per heavy atom. The van der Waals surface area contributed by atoms with E-state index in [0.29, 0.717) is 17.6 Å². The van der Waals surface area contributed by atoms with Crippen LogP contribution in [0.15, 0.2) is 0 Å². The number of rotatable bonds is 20. The molecule has 7 heteroatoms. The van der Waals surface area contributed by atoms with Crippen molar-refractivity contribution in [3.8, 4) is 0 Å². The van der Waals surface area contributed by atoms with Crippen LogP contribution in [0.1, 0.15) is 96.8 Å². The summed E-state index contributed by atoms with van der Waals surface area (Å²) in [6.45, 7) is 4.37. The summed E-state index contributed by atoms with van der Waals surface area (Å²) >= 11 is 0. The molecule has 0 aliphatic heterocycles. The second-order valence-corrected chi connectivity index (χ2v) is 11.6. The second kappa shape index (κ2) is 16.6. The molecule has 186 valence electrons. The molecule has 1 aliphatic carbocycles. The lowest BCUT2D eigenvalue weighted by molar-refractivity contribution is -0.870. The molecule has 1 rings (SSSR count). The van der Waals surface area contributed by atoms with Crippen molar-refractivity contribution >= 4 is 7.82 Å². The SMILES string of the molecule is CCCCCCCCCCCCCOC[C@@H]1CCC[C@H]1OP(=O)([O-])OCC[N+](C)(C)C. The van der Waals surface area contributed by atoms with Gasteiger partial charge in [0.25, 0.3) is 7.82 Å². The molecule has 31 heavy (non-hydrogen) atoms. The molecule has 1 unspecified atom stereocenters. The minimum atomic E-state index is -4.25. The van der Waals surface area contributed by atoms with Gasteiger partial charge in [0.2, 0.25) is 0 Å². The van der Waals surface area contributed by atoms with E-state index in [1.165, 1.54) is 64.2 Å². The average molecular weight is 464 g/mol. The third kappa shape index (κ3) is 16.3. The molecule has 0 N–H and O–H groups in total. The van der Waals surface area contributed by atoms with Crippen molar-refractivity contribution in [3.05, 3.63) is 0 Å². The van der Waals surface area contributed by atoms with E-state index in [1.807, 2.05) is 21.1 Å². The maximum Gasteiger partial charge on any atom is 0.268 e. The van der Waals surface area contributed by atoms with Gasteiger partial charge >= 0.3 is 0 Å². The molecule has 0 aromatic heterocycles. The van der Waals surface area contributed by atoms with Crippen molar-refractivity contribution in [1.29, 1.82) is 0 Å². The minimum absolute atomic E-state index is 0.150. The summed E-state index contributed by atoms with van der Waals surface area (Å²) in [5, 5.41) is 0. The molecule has 0 radical (unpaired) electrons. The summed E-state index contributed by atoms with van der Waals surface area (Å²) in [5.41, 5.74) is 0. The van der Waals surface area contributed by atoms with Crippen LogP contribution >= 0.6 is 7.82 Å². The van der Waals surface area contributed by atoms with Gasteiger partial charge in [0, 0.05) is 12.5 Å². The standard InChI is InChI=1S/C24H50NO5P/c1-5-6-7-8-9-10-11-12-13-14-15-20-28-22-23-17-16-18-24(23)30-31(26,27)29-21-19-25(2,3)4/h23-24H,5-22H2,1-4H3/t23-,24+/m0/s1. The fourth-order valence-corrected chi connectivity index (χ4v) is 5.03. The van der Waals surface area contributed by atoms with Gasteiger partial charge in [-0.05, 0) is 19.3 Å². The minimum Gasteiger partial charge on any atom is -0.756 e. The second-order valence-electron chi connectivity index (χ2n) is 10.2. The summed E-state index contributed by atoms with van der Waals surface area (Å²) in [5.74, 6) is 0.150. The van der Waals surface area contributed by atoms with Crippen LogP contribution in [0.2, 0.25) is 0 Å². The zero-order valence-corrected chi connectivity index (χ0v) is 21.7. The van der Waals surface area contributed by atoms with E-state index in [0.717, 1.165) is 32.3 Å². The number of hydrogen-bond donors (Lipinski definition) is 0. The normalized spacial score (nSPS) is 21.5. The van der Waals surface area contributed by atoms with Crippen LogP contribution in [0, 0.1) is 5.92 Å². The zero-order valence-electron chi connectivity index (χ0n) is 20.8. The Hall–Kier alpha value is 0.0300. The highest BCUT2D eigenvalue weighted by Gasteiger charge is 2.31. The molecular formula is C24H50NO5P. The predicted molar refractivity (Wildman–Crippen MR) is 126 cm³/mol. The molecule has 1 aliphatic rings. The number of ether oxygens (including phenoxy) is 1. The first-order valence-electron chi connectivity index (χ1n) is 12.8. The quantitative estimate of drug-likeness (QED) is 0.132. The number of quaternary nitrogens is 1. The first kappa shape index (κ1) is 29.1. The maximum absolute atomic E-state index is 12.1. The van der Waals surface area contributed by atoms with Gasteiger partial charge in [-0.3, -0.25) is 4.57 Å². The van der Waals surface area contributed by atoms with Gasteiger partial charge in [-0.15, -0.1) is 0 Å². The van der Waals surface area contributed by atoms with E-state index >= 15 is 0 Å². The van der Waals surface area contributed by atoms with Gasteiger partial charge in [0.15, 0.2) is 0 Å². The van der Waals surface area contributed by atoms with Crippen LogP contribution in [0.25, 0.3) is 0 Å². The van der Waals surface area contributed by atoms with Gasteiger partial charge in [-0.1, -0.05) is 77.6 Å². The number of likely N-dealkylation sites (N-methyl/N-ethyl adjacent to an activating group) is 1. The van der Waals surface area contributed by atoms with Gasteiger partial charge in [-0.2, -0.15) is 0 Å². The highest BCUT2D eigenvalue weighted by Crippen LogP contribution is 2.44. The molecule has 1 fully saturated rings. The molecule has 0 heterocycles. The molecule has 0 aromatic rings. The summed E-state index contributed by atoms with van der Waals surface area (Å²) < 4.78 is 29.1. The van der Waals surface area contributed by atoms with Crippen molar-refractivity contribution < 1.29 is 27.7 Å². The Morgan fingerprint density at radius 1 is 0.871 bits per heavy atom. The van der Waals surface area contributed by atoms with Crippen LogP contribution in [-0.4, -0.2) is 58.1 Å². The van der Waals surface area contributed by atoms with Gasteiger partial charge in [0.1, 0.15) is 13.2 Å². The molecule has 0 saturated heterocycles. The van der Waals surface area contributed by atoms with Crippen LogP contribution in [0.4, 0.5) is 0 Å². The first-order chi connectivity index (χ1) is 14.7. The van der Waals surface area contributed by atoms with Crippen molar-refractivity contribution in [2.24, 2.45) is 5.92 Å². The molecule has 3 atom stereocenters. The van der Waals surface area contributed by atoms with Crippen LogP contribution in [-0.2, 0) is 18.3 Å². The molecule has 0 bridgehead atoms. The number of hydrogen-bond acceptors (Lipinski definition) is 5. The van der Waals surface area contributed by atoms with Gasteiger partial charge in [0.05, 0.1) is 33.9 Å². The van der Waals surface area contributed by atoms with Crippen molar-refractivity contribution in [2.45, 2.75) is 103 Å². The molecule has 0 spiro atoms. The number of phosphoric acid groups is 1. The smallest absolute Gasteiger partial charge is 0.268 e. The topological polar surface area (TPSA) is 67.8 Å². The Labute approximate surface area is 192 Å². The lowest BCUT2D eigenvalue weighted by atomic mass is 10.1. The third-order valence-corrected chi connectivity index (χ3v) is 7.12. The Morgan fingerprint density at radius 2 is 1.45 bits per heavy atom. The predicted octanol–water partition coefficient (Wildman–Crippen LogP) is 5.69. The lowest BCUT2D eigenvalue weighted by Crippen LogP contribution is -2.37. The maximum atomic E-state index is 12.1. The Kier molecular flexibility index (Phi) is 15.6. The highest BCUT2D eigenvalue weighted by atomic mass is 31.2. The zero-order chi connectivity index (χ0) is 23.0. The number of nitrogens with zero attached hydrogens (tertiary/aromatic N) is 1. The first-order valence-corrected chi connectivity index (χ1v) is 14.2. The Balaban J connectivity index is 2.04. The van der Waals surface area contributed by atoms with Gasteiger partial charge < -0.3 is 23.2 Å². The molecule has 6 nitrogen and oxygen atoms in total. The van der Waals surface area contributed by atoms with Gasteiger partial charge in [-0.25, -0.2) is 0 Å². The summed E-state index contributed by atoms with van der Waals surface area (Å²) in [4.78, 5) is 12.1. The van der Waals surface area contributed by atoms with Crippen molar-refractivity contribution in [2.75, 3.05) is 47.5 Å². The third-order valence-electron chi connectivity index (χ3n) is 6.09. The highest BCUT2D eigenvalue weighted by molar-refractivity contribution is 7.45. The van der Waals surface area contributed by atoms with E-state index in [2.05, 4.69) is 6.92 Å². The van der Waals surface area contributed by atoms with Crippen LogP contribution in [0.5, 0.6) is 0 Å². The summed E-state index contributed by atoms with van der Waals surface area (Å²) in [7, 11) is 1.75. The molecule has 0 aromatic carbocycles. The Bertz CT molecular complexity index is 483. The molecular weight excluding hydrogens is 413 g/mol. The largest absolute Gasteiger partial charge is 0.756 e. The number of phosphoric ester groups is 1. The van der Waals surface area contributed by atoms with Crippen LogP contribution < -0.4 is 4.89 Å². The van der Waals surface area contributed by atoms with E-state index in [-0.39, 0.29) is 18.6 Å².